The number of aromatic nitrogens is 2. The topological polar surface area (TPSA) is 76.0 Å². The summed E-state index contributed by atoms with van der Waals surface area (Å²) in [5.41, 5.74) is 1.81. The van der Waals surface area contributed by atoms with Gasteiger partial charge in [0.2, 0.25) is 0 Å². The fraction of sp³-hybridized carbons (Fsp3) is 0.389. The third kappa shape index (κ3) is 3.48. The van der Waals surface area contributed by atoms with E-state index in [2.05, 4.69) is 22.7 Å². The SMILES string of the molecule is Cc1cc(NC(=O)C(=O)NC(c2ccccc2)C2CC2C)n(C)n1. The molecule has 1 fully saturated rings. The van der Waals surface area contributed by atoms with E-state index in [1.165, 1.54) is 4.68 Å². The molecule has 0 spiro atoms. The van der Waals surface area contributed by atoms with Gasteiger partial charge in [0, 0.05) is 13.1 Å². The van der Waals surface area contributed by atoms with Gasteiger partial charge in [-0.2, -0.15) is 5.10 Å². The molecule has 2 amide bonds. The number of carbonyl (C=O) groups is 2. The highest BCUT2D eigenvalue weighted by Crippen LogP contribution is 2.46. The molecular formula is C18H22N4O2. The first-order valence-electron chi connectivity index (χ1n) is 8.13. The summed E-state index contributed by atoms with van der Waals surface area (Å²) in [4.78, 5) is 24.5. The molecule has 1 aromatic heterocycles. The molecule has 0 radical (unpaired) electrons. The molecule has 6 heteroatoms. The van der Waals surface area contributed by atoms with E-state index in [4.69, 9.17) is 0 Å². The van der Waals surface area contributed by atoms with E-state index in [0.717, 1.165) is 17.7 Å². The molecule has 1 saturated carbocycles. The van der Waals surface area contributed by atoms with Crippen molar-refractivity contribution in [1.29, 1.82) is 0 Å². The van der Waals surface area contributed by atoms with Gasteiger partial charge in [0.05, 0.1) is 11.7 Å². The predicted octanol–water partition coefficient (Wildman–Crippen LogP) is 2.18. The molecule has 126 valence electrons. The highest BCUT2D eigenvalue weighted by atomic mass is 16.2. The van der Waals surface area contributed by atoms with Crippen LogP contribution in [0, 0.1) is 18.8 Å². The maximum Gasteiger partial charge on any atom is 0.314 e. The van der Waals surface area contributed by atoms with Crippen LogP contribution in [0.4, 0.5) is 5.82 Å². The van der Waals surface area contributed by atoms with E-state index in [9.17, 15) is 9.59 Å². The molecule has 0 aliphatic heterocycles. The maximum atomic E-state index is 12.3. The van der Waals surface area contributed by atoms with Crippen molar-refractivity contribution in [3.8, 4) is 0 Å². The lowest BCUT2D eigenvalue weighted by molar-refractivity contribution is -0.136. The number of hydrogen-bond acceptors (Lipinski definition) is 3. The van der Waals surface area contributed by atoms with Crippen LogP contribution in [0.1, 0.15) is 30.6 Å². The van der Waals surface area contributed by atoms with E-state index in [0.29, 0.717) is 17.7 Å². The Hall–Kier alpha value is -2.63. The second-order valence-electron chi connectivity index (χ2n) is 6.49. The van der Waals surface area contributed by atoms with Crippen LogP contribution in [0.5, 0.6) is 0 Å². The summed E-state index contributed by atoms with van der Waals surface area (Å²) in [5.74, 6) is 0.138. The number of aryl methyl sites for hydroxylation is 2. The van der Waals surface area contributed by atoms with Gasteiger partial charge in [-0.1, -0.05) is 37.3 Å². The van der Waals surface area contributed by atoms with Crippen LogP contribution < -0.4 is 10.6 Å². The quantitative estimate of drug-likeness (QED) is 0.846. The molecule has 2 aromatic rings. The highest BCUT2D eigenvalue weighted by Gasteiger charge is 2.41. The Balaban J connectivity index is 1.69. The van der Waals surface area contributed by atoms with Crippen molar-refractivity contribution in [2.75, 3.05) is 5.32 Å². The number of anilines is 1. The number of rotatable bonds is 4. The summed E-state index contributed by atoms with van der Waals surface area (Å²) in [6.45, 7) is 3.99. The van der Waals surface area contributed by atoms with Crippen molar-refractivity contribution in [1.82, 2.24) is 15.1 Å². The number of nitrogens with one attached hydrogen (secondary N) is 2. The first-order chi connectivity index (χ1) is 11.5. The smallest absolute Gasteiger partial charge is 0.314 e. The van der Waals surface area contributed by atoms with Crippen molar-refractivity contribution in [2.24, 2.45) is 18.9 Å². The van der Waals surface area contributed by atoms with Gasteiger partial charge < -0.3 is 10.6 Å². The minimum atomic E-state index is -0.674. The molecule has 1 aromatic carbocycles. The van der Waals surface area contributed by atoms with Crippen LogP contribution in [-0.2, 0) is 16.6 Å². The molecule has 3 atom stereocenters. The Morgan fingerprint density at radius 1 is 1.25 bits per heavy atom. The number of benzene rings is 1. The lowest BCUT2D eigenvalue weighted by Gasteiger charge is -2.19. The normalized spacial score (nSPS) is 20.3. The van der Waals surface area contributed by atoms with Gasteiger partial charge in [-0.05, 0) is 30.7 Å². The lowest BCUT2D eigenvalue weighted by Crippen LogP contribution is -2.39. The van der Waals surface area contributed by atoms with Crippen LogP contribution in [-0.4, -0.2) is 21.6 Å². The van der Waals surface area contributed by atoms with E-state index in [1.807, 2.05) is 37.3 Å². The van der Waals surface area contributed by atoms with Gasteiger partial charge in [-0.25, -0.2) is 0 Å². The van der Waals surface area contributed by atoms with Crippen molar-refractivity contribution >= 4 is 17.6 Å². The summed E-state index contributed by atoms with van der Waals surface area (Å²) >= 11 is 0. The zero-order valence-corrected chi connectivity index (χ0v) is 14.1. The summed E-state index contributed by atoms with van der Waals surface area (Å²) in [6, 6.07) is 11.4. The van der Waals surface area contributed by atoms with Crippen LogP contribution in [0.25, 0.3) is 0 Å². The Morgan fingerprint density at radius 2 is 1.92 bits per heavy atom. The van der Waals surface area contributed by atoms with Gasteiger partial charge >= 0.3 is 11.8 Å². The fourth-order valence-corrected chi connectivity index (χ4v) is 3.02. The highest BCUT2D eigenvalue weighted by molar-refractivity contribution is 6.39. The molecule has 1 heterocycles. The molecule has 24 heavy (non-hydrogen) atoms. The molecule has 0 bridgehead atoms. The van der Waals surface area contributed by atoms with E-state index in [1.54, 1.807) is 13.1 Å². The Morgan fingerprint density at radius 3 is 2.46 bits per heavy atom. The van der Waals surface area contributed by atoms with Crippen molar-refractivity contribution in [3.05, 3.63) is 47.7 Å². The lowest BCUT2D eigenvalue weighted by atomic mass is 10.0. The average molecular weight is 326 g/mol. The second-order valence-corrected chi connectivity index (χ2v) is 6.49. The molecule has 2 N–H and O–H groups in total. The van der Waals surface area contributed by atoms with Crippen molar-refractivity contribution in [3.63, 3.8) is 0 Å². The molecule has 3 rings (SSSR count). The van der Waals surface area contributed by atoms with Crippen LogP contribution in [0.3, 0.4) is 0 Å². The van der Waals surface area contributed by atoms with Gasteiger partial charge in [0.25, 0.3) is 0 Å². The third-order valence-corrected chi connectivity index (χ3v) is 4.49. The van der Waals surface area contributed by atoms with Crippen molar-refractivity contribution in [2.45, 2.75) is 26.3 Å². The summed E-state index contributed by atoms with van der Waals surface area (Å²) < 4.78 is 1.54. The summed E-state index contributed by atoms with van der Waals surface area (Å²) in [7, 11) is 1.72. The van der Waals surface area contributed by atoms with Gasteiger partial charge in [-0.3, -0.25) is 14.3 Å². The van der Waals surface area contributed by atoms with Gasteiger partial charge in [0.15, 0.2) is 0 Å². The van der Waals surface area contributed by atoms with Gasteiger partial charge in [-0.15, -0.1) is 0 Å². The van der Waals surface area contributed by atoms with E-state index >= 15 is 0 Å². The van der Waals surface area contributed by atoms with E-state index < -0.39 is 11.8 Å². The van der Waals surface area contributed by atoms with Crippen LogP contribution in [0.15, 0.2) is 36.4 Å². The summed E-state index contributed by atoms with van der Waals surface area (Å²) in [6.07, 6.45) is 1.06. The van der Waals surface area contributed by atoms with E-state index in [-0.39, 0.29) is 6.04 Å². The summed E-state index contributed by atoms with van der Waals surface area (Å²) in [5, 5.41) is 9.65. The standard InChI is InChI=1S/C18H22N4O2/c1-11-9-14(11)16(13-7-5-4-6-8-13)20-18(24)17(23)19-15-10-12(2)21-22(15)3/h4-8,10-11,14,16H,9H2,1-3H3,(H,19,23)(H,20,24). The third-order valence-electron chi connectivity index (χ3n) is 4.49. The average Bonchev–Trinajstić information content (AvgIpc) is 3.19. The van der Waals surface area contributed by atoms with Crippen molar-refractivity contribution < 1.29 is 9.59 Å². The molecular weight excluding hydrogens is 304 g/mol. The first-order valence-corrected chi connectivity index (χ1v) is 8.13. The number of carbonyl (C=O) groups excluding carboxylic acids is 2. The monoisotopic (exact) mass is 326 g/mol. The Bertz CT molecular complexity index is 754. The molecule has 6 nitrogen and oxygen atoms in total. The molecule has 3 unspecified atom stereocenters. The maximum absolute atomic E-state index is 12.3. The molecule has 1 aliphatic carbocycles. The minimum Gasteiger partial charge on any atom is -0.341 e. The zero-order chi connectivity index (χ0) is 17.3. The number of amides is 2. The fourth-order valence-electron chi connectivity index (χ4n) is 3.02. The Kier molecular flexibility index (Phi) is 4.38. The van der Waals surface area contributed by atoms with Crippen LogP contribution >= 0.6 is 0 Å². The van der Waals surface area contributed by atoms with Gasteiger partial charge in [0.1, 0.15) is 5.82 Å². The predicted molar refractivity (Wildman–Crippen MR) is 91.2 cm³/mol. The Labute approximate surface area is 141 Å². The largest absolute Gasteiger partial charge is 0.341 e. The first kappa shape index (κ1) is 16.2. The second kappa shape index (κ2) is 6.47. The number of hydrogen-bond donors (Lipinski definition) is 2. The minimum absolute atomic E-state index is 0.132. The molecule has 0 saturated heterocycles. The molecule has 1 aliphatic rings. The van der Waals surface area contributed by atoms with Crippen LogP contribution in [0.2, 0.25) is 0 Å². The number of nitrogens with zero attached hydrogens (tertiary/aromatic N) is 2. The zero-order valence-electron chi connectivity index (χ0n) is 14.1.